The molecule has 0 fully saturated rings. The molecule has 0 saturated carbocycles. The molecular weight excluding hydrogens is 392 g/mol. The van der Waals surface area contributed by atoms with Crippen LogP contribution in [0.5, 0.6) is 23.0 Å². The SMILES string of the molecule is CCC(C)(c1ccc(Oc2cccc(C)c2)cc1)c1ccc(Oc2cccc(C)c2)cc1. The first kappa shape index (κ1) is 21.7. The molecule has 4 rings (SSSR count). The van der Waals surface area contributed by atoms with Crippen molar-refractivity contribution in [2.45, 2.75) is 39.5 Å². The normalized spacial score (nSPS) is 11.2. The maximum atomic E-state index is 6.03. The van der Waals surface area contributed by atoms with Gasteiger partial charge in [0.2, 0.25) is 0 Å². The lowest BCUT2D eigenvalue weighted by Gasteiger charge is -2.30. The van der Waals surface area contributed by atoms with E-state index in [1.54, 1.807) is 0 Å². The Morgan fingerprint density at radius 1 is 0.562 bits per heavy atom. The summed E-state index contributed by atoms with van der Waals surface area (Å²) in [5.41, 5.74) is 4.82. The predicted octanol–water partition coefficient (Wildman–Crippen LogP) is 8.60. The summed E-state index contributed by atoms with van der Waals surface area (Å²) in [4.78, 5) is 0. The molecular formula is C30H30O2. The summed E-state index contributed by atoms with van der Waals surface area (Å²) in [6.45, 7) is 8.66. The summed E-state index contributed by atoms with van der Waals surface area (Å²) < 4.78 is 12.1. The summed E-state index contributed by atoms with van der Waals surface area (Å²) >= 11 is 0. The standard InChI is InChI=1S/C30H30O2/c1-5-30(4,24-12-16-26(17-13-24)31-28-10-6-8-22(2)20-28)25-14-18-27(19-15-25)32-29-11-7-9-23(3)21-29/h6-21H,5H2,1-4H3. The molecule has 0 aliphatic rings. The van der Waals surface area contributed by atoms with Gasteiger partial charge in [0, 0.05) is 5.41 Å². The third-order valence-electron chi connectivity index (χ3n) is 6.14. The van der Waals surface area contributed by atoms with Crippen molar-refractivity contribution < 1.29 is 9.47 Å². The summed E-state index contributed by atoms with van der Waals surface area (Å²) in [5.74, 6) is 3.42. The zero-order chi connectivity index (χ0) is 22.6. The van der Waals surface area contributed by atoms with Gasteiger partial charge in [0.25, 0.3) is 0 Å². The molecule has 2 heteroatoms. The van der Waals surface area contributed by atoms with Crippen LogP contribution in [-0.4, -0.2) is 0 Å². The van der Waals surface area contributed by atoms with Crippen LogP contribution in [0.1, 0.15) is 42.5 Å². The third kappa shape index (κ3) is 4.86. The van der Waals surface area contributed by atoms with Gasteiger partial charge in [0.15, 0.2) is 0 Å². The predicted molar refractivity (Wildman–Crippen MR) is 132 cm³/mol. The molecule has 4 aromatic rings. The van der Waals surface area contributed by atoms with E-state index in [1.807, 2.05) is 36.4 Å². The number of hydrogen-bond donors (Lipinski definition) is 0. The molecule has 0 unspecified atom stereocenters. The molecule has 0 saturated heterocycles. The van der Waals surface area contributed by atoms with Crippen molar-refractivity contribution in [3.63, 3.8) is 0 Å². The van der Waals surface area contributed by atoms with Gasteiger partial charge in [-0.15, -0.1) is 0 Å². The highest BCUT2D eigenvalue weighted by Gasteiger charge is 2.27. The van der Waals surface area contributed by atoms with Crippen LogP contribution >= 0.6 is 0 Å². The molecule has 32 heavy (non-hydrogen) atoms. The van der Waals surface area contributed by atoms with Crippen molar-refractivity contribution in [3.05, 3.63) is 119 Å². The van der Waals surface area contributed by atoms with Crippen LogP contribution in [-0.2, 0) is 5.41 Å². The summed E-state index contributed by atoms with van der Waals surface area (Å²) in [7, 11) is 0. The molecule has 162 valence electrons. The van der Waals surface area contributed by atoms with E-state index in [0.29, 0.717) is 0 Å². The van der Waals surface area contributed by atoms with E-state index in [0.717, 1.165) is 29.4 Å². The smallest absolute Gasteiger partial charge is 0.127 e. The average molecular weight is 423 g/mol. The molecule has 0 aliphatic heterocycles. The summed E-state index contributed by atoms with van der Waals surface area (Å²) in [5, 5.41) is 0. The van der Waals surface area contributed by atoms with Gasteiger partial charge in [-0.05, 0) is 91.1 Å². The van der Waals surface area contributed by atoms with E-state index in [4.69, 9.17) is 9.47 Å². The molecule has 0 spiro atoms. The molecule has 0 aromatic heterocycles. The van der Waals surface area contributed by atoms with Gasteiger partial charge >= 0.3 is 0 Å². The summed E-state index contributed by atoms with van der Waals surface area (Å²) in [6.07, 6.45) is 0.989. The van der Waals surface area contributed by atoms with Crippen LogP contribution < -0.4 is 9.47 Å². The van der Waals surface area contributed by atoms with E-state index >= 15 is 0 Å². The largest absolute Gasteiger partial charge is 0.457 e. The fourth-order valence-electron chi connectivity index (χ4n) is 3.99. The van der Waals surface area contributed by atoms with Gasteiger partial charge in [-0.1, -0.05) is 62.4 Å². The lowest BCUT2D eigenvalue weighted by atomic mass is 9.74. The van der Waals surface area contributed by atoms with Gasteiger partial charge < -0.3 is 9.47 Å². The van der Waals surface area contributed by atoms with Crippen LogP contribution in [0.2, 0.25) is 0 Å². The van der Waals surface area contributed by atoms with Gasteiger partial charge in [-0.25, -0.2) is 0 Å². The Morgan fingerprint density at radius 2 is 0.969 bits per heavy atom. The molecule has 0 radical (unpaired) electrons. The van der Waals surface area contributed by atoms with Crippen molar-refractivity contribution in [1.82, 2.24) is 0 Å². The maximum absolute atomic E-state index is 6.03. The fourth-order valence-corrected chi connectivity index (χ4v) is 3.99. The van der Waals surface area contributed by atoms with Gasteiger partial charge in [0.1, 0.15) is 23.0 Å². The number of aryl methyl sites for hydroxylation is 2. The zero-order valence-electron chi connectivity index (χ0n) is 19.3. The Hall–Kier alpha value is -3.52. The molecule has 0 atom stereocenters. The van der Waals surface area contributed by atoms with Crippen LogP contribution in [0.25, 0.3) is 0 Å². The molecule has 0 N–H and O–H groups in total. The Morgan fingerprint density at radius 3 is 1.31 bits per heavy atom. The van der Waals surface area contributed by atoms with Gasteiger partial charge in [0.05, 0.1) is 0 Å². The summed E-state index contributed by atoms with van der Waals surface area (Å²) in [6, 6.07) is 33.1. The highest BCUT2D eigenvalue weighted by atomic mass is 16.5. The van der Waals surface area contributed by atoms with Crippen molar-refractivity contribution >= 4 is 0 Å². The van der Waals surface area contributed by atoms with E-state index in [2.05, 4.69) is 88.4 Å². The van der Waals surface area contributed by atoms with Gasteiger partial charge in [-0.2, -0.15) is 0 Å². The van der Waals surface area contributed by atoms with Crippen LogP contribution in [0.15, 0.2) is 97.1 Å². The van der Waals surface area contributed by atoms with Crippen molar-refractivity contribution in [2.24, 2.45) is 0 Å². The minimum absolute atomic E-state index is 0.0935. The monoisotopic (exact) mass is 422 g/mol. The average Bonchev–Trinajstić information content (AvgIpc) is 2.80. The lowest BCUT2D eigenvalue weighted by molar-refractivity contribution is 0.479. The molecule has 0 bridgehead atoms. The highest BCUT2D eigenvalue weighted by Crippen LogP contribution is 2.37. The van der Waals surface area contributed by atoms with Crippen molar-refractivity contribution in [3.8, 4) is 23.0 Å². The zero-order valence-corrected chi connectivity index (χ0v) is 19.3. The van der Waals surface area contributed by atoms with E-state index in [9.17, 15) is 0 Å². The molecule has 0 amide bonds. The van der Waals surface area contributed by atoms with E-state index in [-0.39, 0.29) is 5.41 Å². The first-order chi connectivity index (χ1) is 15.5. The minimum atomic E-state index is -0.0935. The minimum Gasteiger partial charge on any atom is -0.457 e. The van der Waals surface area contributed by atoms with Crippen molar-refractivity contribution in [2.75, 3.05) is 0 Å². The van der Waals surface area contributed by atoms with E-state index < -0.39 is 0 Å². The fraction of sp³-hybridized carbons (Fsp3) is 0.200. The molecule has 0 heterocycles. The second-order valence-electron chi connectivity index (χ2n) is 8.57. The van der Waals surface area contributed by atoms with Crippen molar-refractivity contribution in [1.29, 1.82) is 0 Å². The molecule has 0 aliphatic carbocycles. The lowest BCUT2D eigenvalue weighted by Crippen LogP contribution is -2.22. The first-order valence-electron chi connectivity index (χ1n) is 11.2. The topological polar surface area (TPSA) is 18.5 Å². The van der Waals surface area contributed by atoms with Crippen LogP contribution in [0.4, 0.5) is 0 Å². The maximum Gasteiger partial charge on any atom is 0.127 e. The Labute approximate surface area is 191 Å². The van der Waals surface area contributed by atoms with E-state index in [1.165, 1.54) is 22.3 Å². The molecule has 4 aromatic carbocycles. The second kappa shape index (κ2) is 9.32. The Balaban J connectivity index is 1.52. The number of rotatable bonds is 7. The second-order valence-corrected chi connectivity index (χ2v) is 8.57. The Kier molecular flexibility index (Phi) is 6.32. The Bertz CT molecular complexity index is 1080. The third-order valence-corrected chi connectivity index (χ3v) is 6.14. The number of ether oxygens (including phenoxy) is 2. The first-order valence-corrected chi connectivity index (χ1v) is 11.2. The van der Waals surface area contributed by atoms with Crippen LogP contribution in [0.3, 0.4) is 0 Å². The van der Waals surface area contributed by atoms with Gasteiger partial charge in [-0.3, -0.25) is 0 Å². The number of hydrogen-bond acceptors (Lipinski definition) is 2. The molecule has 2 nitrogen and oxygen atoms in total. The number of benzene rings is 4. The quantitative estimate of drug-likeness (QED) is 0.297. The van der Waals surface area contributed by atoms with Crippen LogP contribution in [0, 0.1) is 13.8 Å². The highest BCUT2D eigenvalue weighted by molar-refractivity contribution is 5.44.